The van der Waals surface area contributed by atoms with E-state index >= 15 is 0 Å². The summed E-state index contributed by atoms with van der Waals surface area (Å²) >= 11 is 1.58. The summed E-state index contributed by atoms with van der Waals surface area (Å²) < 4.78 is 40.4. The highest BCUT2D eigenvalue weighted by molar-refractivity contribution is 8.29. The highest BCUT2D eigenvalue weighted by atomic mass is 35.7. The highest BCUT2D eigenvalue weighted by Crippen LogP contribution is 2.70. The van der Waals surface area contributed by atoms with Crippen molar-refractivity contribution in [2.24, 2.45) is 0 Å². The van der Waals surface area contributed by atoms with Gasteiger partial charge in [-0.3, -0.25) is 0 Å². The SMILES string of the molecule is CSc1ccc(S(O[Cl+3]([O-])([O-])[O-])(c2ccccc2)c2ccccc2)cc1. The zero-order valence-electron chi connectivity index (χ0n) is 13.9. The van der Waals surface area contributed by atoms with Crippen LogP contribution in [0.25, 0.3) is 0 Å². The fourth-order valence-corrected chi connectivity index (χ4v) is 7.25. The van der Waals surface area contributed by atoms with Gasteiger partial charge >= 0.3 is 0 Å². The molecule has 0 bridgehead atoms. The second kappa shape index (κ2) is 8.02. The lowest BCUT2D eigenvalue weighted by atomic mass is 10.4. The molecule has 0 aliphatic rings. The summed E-state index contributed by atoms with van der Waals surface area (Å²) in [5, 5.41) is 0. The second-order valence-electron chi connectivity index (χ2n) is 5.30. The maximum Gasteiger partial charge on any atom is 0.134 e. The van der Waals surface area contributed by atoms with Crippen molar-refractivity contribution in [1.82, 2.24) is 0 Å². The van der Waals surface area contributed by atoms with E-state index in [2.05, 4.69) is 0 Å². The fraction of sp³-hybridized carbons (Fsp3) is 0.0526. The molecule has 4 nitrogen and oxygen atoms in total. The van der Waals surface area contributed by atoms with Crippen LogP contribution in [0.15, 0.2) is 105 Å². The lowest BCUT2D eigenvalue weighted by Crippen LogP contribution is -2.61. The summed E-state index contributed by atoms with van der Waals surface area (Å²) in [6.45, 7) is 0. The number of hydrogen-bond donors (Lipinski definition) is 0. The topological polar surface area (TPSA) is 78.4 Å². The molecule has 0 heterocycles. The van der Waals surface area contributed by atoms with Crippen molar-refractivity contribution in [3.05, 3.63) is 84.9 Å². The van der Waals surface area contributed by atoms with Crippen molar-refractivity contribution >= 4 is 22.1 Å². The van der Waals surface area contributed by atoms with Crippen LogP contribution in [0.4, 0.5) is 0 Å². The van der Waals surface area contributed by atoms with Crippen LogP contribution in [0.3, 0.4) is 0 Å². The molecule has 0 unspecified atom stereocenters. The lowest BCUT2D eigenvalue weighted by Gasteiger charge is -2.34. The Morgan fingerprint density at radius 3 is 1.50 bits per heavy atom. The molecule has 7 heteroatoms. The predicted molar refractivity (Wildman–Crippen MR) is 94.6 cm³/mol. The Morgan fingerprint density at radius 1 is 0.692 bits per heavy atom. The third kappa shape index (κ3) is 4.07. The minimum Gasteiger partial charge on any atom is -0.182 e. The molecule has 0 spiro atoms. The zero-order valence-corrected chi connectivity index (χ0v) is 16.3. The molecule has 0 aromatic heterocycles. The highest BCUT2D eigenvalue weighted by Gasteiger charge is 2.46. The molecule has 0 aliphatic heterocycles. The van der Waals surface area contributed by atoms with Crippen LogP contribution in [0.2, 0.25) is 0 Å². The van der Waals surface area contributed by atoms with Crippen LogP contribution in [-0.2, 0) is 3.74 Å². The molecular weight excluding hydrogens is 392 g/mol. The van der Waals surface area contributed by atoms with Gasteiger partial charge in [-0.25, -0.2) is 0 Å². The fourth-order valence-electron chi connectivity index (χ4n) is 2.62. The molecule has 0 aliphatic carbocycles. The number of rotatable bonds is 6. The summed E-state index contributed by atoms with van der Waals surface area (Å²) in [6, 6.07) is 25.4. The molecule has 0 N–H and O–H groups in total. The molecule has 0 atom stereocenters. The van der Waals surface area contributed by atoms with E-state index in [1.165, 1.54) is 0 Å². The monoisotopic (exact) mass is 408 g/mol. The predicted octanol–water partition coefficient (Wildman–Crippen LogP) is 2.52. The van der Waals surface area contributed by atoms with Gasteiger partial charge in [-0.2, -0.15) is 14.0 Å². The van der Waals surface area contributed by atoms with Crippen molar-refractivity contribution < 1.29 is 28.0 Å². The summed E-state index contributed by atoms with van der Waals surface area (Å²) in [6.07, 6.45) is 1.96. The lowest BCUT2D eigenvalue weighted by molar-refractivity contribution is -1.91. The van der Waals surface area contributed by atoms with Crippen molar-refractivity contribution in [3.8, 4) is 0 Å². The minimum absolute atomic E-state index is 0.634. The molecule has 136 valence electrons. The molecule has 0 radical (unpaired) electrons. The summed E-state index contributed by atoms with van der Waals surface area (Å²) in [5.41, 5.74) is 0. The zero-order chi connectivity index (χ0) is 18.6. The van der Waals surface area contributed by atoms with Gasteiger partial charge in [0.25, 0.3) is 0 Å². The van der Waals surface area contributed by atoms with Gasteiger partial charge in [0.05, 0.1) is 20.6 Å². The third-order valence-corrected chi connectivity index (χ3v) is 8.64. The number of thioether (sulfide) groups is 1. The van der Waals surface area contributed by atoms with E-state index in [9.17, 15) is 14.0 Å². The number of hydrogen-bond acceptors (Lipinski definition) is 5. The van der Waals surface area contributed by atoms with Crippen LogP contribution in [0.1, 0.15) is 0 Å². The Kier molecular flexibility index (Phi) is 5.94. The number of halogens is 1. The summed E-state index contributed by atoms with van der Waals surface area (Å²) in [7, 11) is -7.39. The first-order valence-electron chi connectivity index (χ1n) is 7.65. The van der Waals surface area contributed by atoms with Crippen molar-refractivity contribution in [2.45, 2.75) is 19.6 Å². The smallest absolute Gasteiger partial charge is 0.134 e. The number of benzene rings is 3. The van der Waals surface area contributed by atoms with Gasteiger partial charge in [0, 0.05) is 19.6 Å². The van der Waals surface area contributed by atoms with Crippen molar-refractivity contribution in [1.29, 1.82) is 0 Å². The Bertz CT molecular complexity index is 797. The van der Waals surface area contributed by atoms with Gasteiger partial charge in [0.15, 0.2) is 0 Å². The van der Waals surface area contributed by atoms with E-state index in [-0.39, 0.29) is 0 Å². The van der Waals surface area contributed by atoms with E-state index in [1.54, 1.807) is 60.3 Å². The first-order valence-corrected chi connectivity index (χ1v) is 11.7. The maximum atomic E-state index is 11.7. The molecule has 3 rings (SSSR count). The Hall–Kier alpha value is -1.51. The van der Waals surface area contributed by atoms with Gasteiger partial charge in [0.1, 0.15) is 3.74 Å². The van der Waals surface area contributed by atoms with Crippen LogP contribution >= 0.6 is 22.1 Å². The quantitative estimate of drug-likeness (QED) is 0.585. The Balaban J connectivity index is 2.30. The normalized spacial score (nSPS) is 12.8. The maximum absolute atomic E-state index is 11.7. The van der Waals surface area contributed by atoms with E-state index in [0.29, 0.717) is 14.7 Å². The summed E-state index contributed by atoms with van der Waals surface area (Å²) in [5.74, 6) is 0. The Labute approximate surface area is 160 Å². The molecule has 3 aromatic carbocycles. The van der Waals surface area contributed by atoms with E-state index in [0.717, 1.165) is 4.90 Å². The standard InChI is InChI=1S/C19H17ClO4S2/c1-25-16-12-14-19(15-13-16)26(24-20(21,22)23,17-8-4-2-5-9-17)18-10-6-3-7-11-18/h2-15H,1H3. The summed E-state index contributed by atoms with van der Waals surface area (Å²) in [4.78, 5) is 2.94. The second-order valence-corrected chi connectivity index (χ2v) is 9.96. The van der Waals surface area contributed by atoms with Crippen molar-refractivity contribution in [2.75, 3.05) is 6.26 Å². The van der Waals surface area contributed by atoms with Gasteiger partial charge in [-0.15, -0.1) is 11.8 Å². The van der Waals surface area contributed by atoms with Crippen LogP contribution in [-0.4, -0.2) is 6.26 Å². The first kappa shape index (κ1) is 19.3. The Morgan fingerprint density at radius 2 is 1.12 bits per heavy atom. The van der Waals surface area contributed by atoms with Crippen LogP contribution in [0.5, 0.6) is 0 Å². The van der Waals surface area contributed by atoms with Gasteiger partial charge in [-0.05, 0) is 54.8 Å². The largest absolute Gasteiger partial charge is 0.182 e. The minimum atomic E-state index is -4.65. The molecule has 3 aromatic rings. The third-order valence-electron chi connectivity index (χ3n) is 3.71. The molecule has 26 heavy (non-hydrogen) atoms. The van der Waals surface area contributed by atoms with Crippen molar-refractivity contribution in [3.63, 3.8) is 0 Å². The molecule has 0 amide bonds. The molecule has 0 saturated carbocycles. The average molecular weight is 409 g/mol. The van der Waals surface area contributed by atoms with Gasteiger partial charge < -0.3 is 0 Å². The molecular formula is C19H17ClO4S2. The van der Waals surface area contributed by atoms with Gasteiger partial charge in [-0.1, -0.05) is 36.4 Å². The average Bonchev–Trinajstić information content (AvgIpc) is 2.67. The molecule has 0 saturated heterocycles. The van der Waals surface area contributed by atoms with Crippen LogP contribution < -0.4 is 14.0 Å². The van der Waals surface area contributed by atoms with E-state index in [1.807, 2.05) is 42.7 Å². The van der Waals surface area contributed by atoms with E-state index < -0.39 is 20.6 Å². The first-order chi connectivity index (χ1) is 12.5. The van der Waals surface area contributed by atoms with Crippen LogP contribution in [0, 0.1) is 10.2 Å². The van der Waals surface area contributed by atoms with E-state index in [4.69, 9.17) is 3.74 Å². The van der Waals surface area contributed by atoms with Gasteiger partial charge in [0.2, 0.25) is 0 Å². The molecule has 0 fully saturated rings.